The van der Waals surface area contributed by atoms with E-state index in [9.17, 15) is 4.79 Å². The number of nitrogens with zero attached hydrogens (tertiary/aromatic N) is 3. The van der Waals surface area contributed by atoms with Crippen LogP contribution in [0.5, 0.6) is 5.75 Å². The van der Waals surface area contributed by atoms with Crippen LogP contribution in [0.4, 0.5) is 5.69 Å². The zero-order chi connectivity index (χ0) is 21.0. The Morgan fingerprint density at radius 3 is 2.76 bits per heavy atom. The van der Waals surface area contributed by atoms with Gasteiger partial charge in [-0.3, -0.25) is 9.36 Å². The van der Waals surface area contributed by atoms with Gasteiger partial charge in [-0.15, -0.1) is 10.2 Å². The summed E-state index contributed by atoms with van der Waals surface area (Å²) in [5, 5.41) is 12.2. The van der Waals surface area contributed by atoms with Crippen molar-refractivity contribution in [3.63, 3.8) is 0 Å². The Balaban J connectivity index is 1.79. The van der Waals surface area contributed by atoms with Gasteiger partial charge in [-0.1, -0.05) is 37.2 Å². The number of carbonyl (C=O) groups is 1. The van der Waals surface area contributed by atoms with Crippen LogP contribution < -0.4 is 10.1 Å². The first kappa shape index (κ1) is 21.3. The maximum absolute atomic E-state index is 12.8. The molecule has 2 heterocycles. The number of anilines is 1. The van der Waals surface area contributed by atoms with E-state index in [1.165, 1.54) is 11.8 Å². The molecule has 2 aromatic heterocycles. The van der Waals surface area contributed by atoms with Crippen molar-refractivity contribution in [2.75, 3.05) is 12.4 Å². The molecule has 0 saturated heterocycles. The van der Waals surface area contributed by atoms with Gasteiger partial charge in [-0.2, -0.15) is 0 Å². The summed E-state index contributed by atoms with van der Waals surface area (Å²) in [4.78, 5) is 12.8. The minimum Gasteiger partial charge on any atom is -0.495 e. The van der Waals surface area contributed by atoms with Crippen LogP contribution in [0.3, 0.4) is 0 Å². The highest BCUT2D eigenvalue weighted by Gasteiger charge is 2.23. The second-order valence-corrected chi connectivity index (χ2v) is 8.63. The zero-order valence-corrected chi connectivity index (χ0v) is 18.3. The van der Waals surface area contributed by atoms with Gasteiger partial charge in [-0.05, 0) is 43.2 Å². The Morgan fingerprint density at radius 2 is 2.10 bits per heavy atom. The summed E-state index contributed by atoms with van der Waals surface area (Å²) < 4.78 is 12.8. The van der Waals surface area contributed by atoms with E-state index in [2.05, 4.69) is 29.4 Å². The van der Waals surface area contributed by atoms with E-state index in [4.69, 9.17) is 20.8 Å². The number of nitrogens with one attached hydrogen (secondary N) is 1. The number of carbonyl (C=O) groups excluding carboxylic acids is 1. The Kier molecular flexibility index (Phi) is 6.87. The topological polar surface area (TPSA) is 82.2 Å². The molecule has 1 aromatic carbocycles. The van der Waals surface area contributed by atoms with Gasteiger partial charge >= 0.3 is 0 Å². The highest BCUT2D eigenvalue weighted by Crippen LogP contribution is 2.31. The molecule has 0 aliphatic rings. The zero-order valence-electron chi connectivity index (χ0n) is 16.7. The Labute approximate surface area is 178 Å². The minimum absolute atomic E-state index is 0.186. The molecular weight excluding hydrogens is 412 g/mol. The van der Waals surface area contributed by atoms with E-state index in [-0.39, 0.29) is 5.91 Å². The summed E-state index contributed by atoms with van der Waals surface area (Å²) in [6.45, 7) is 6.75. The standard InChI is InChI=1S/C20H23ClN4O3S/c1-12(2)11-25-18(17-6-5-9-28-17)23-24-20(25)29-13(3)19(26)22-15-10-14(21)7-8-16(15)27-4/h5-10,12-13H,11H2,1-4H3,(H,22,26). The number of methoxy groups -OCH3 is 1. The SMILES string of the molecule is COc1ccc(Cl)cc1NC(=O)C(C)Sc1nnc(-c2ccco2)n1CC(C)C. The predicted octanol–water partition coefficient (Wildman–Crippen LogP) is 4.98. The fourth-order valence-corrected chi connectivity index (χ4v) is 3.75. The van der Waals surface area contributed by atoms with Crippen molar-refractivity contribution in [3.8, 4) is 17.3 Å². The molecule has 1 amide bonds. The van der Waals surface area contributed by atoms with Gasteiger partial charge in [0, 0.05) is 11.6 Å². The number of halogens is 1. The van der Waals surface area contributed by atoms with Crippen LogP contribution in [0.15, 0.2) is 46.2 Å². The lowest BCUT2D eigenvalue weighted by molar-refractivity contribution is -0.115. The quantitative estimate of drug-likeness (QED) is 0.504. The third kappa shape index (κ3) is 5.13. The van der Waals surface area contributed by atoms with Gasteiger partial charge in [0.25, 0.3) is 0 Å². The van der Waals surface area contributed by atoms with Crippen LogP contribution in [-0.4, -0.2) is 33.0 Å². The molecule has 0 aliphatic carbocycles. The Morgan fingerprint density at radius 1 is 1.31 bits per heavy atom. The summed E-state index contributed by atoms with van der Waals surface area (Å²) in [7, 11) is 1.54. The molecule has 1 atom stereocenters. The molecule has 29 heavy (non-hydrogen) atoms. The summed E-state index contributed by atoms with van der Waals surface area (Å²) in [5.41, 5.74) is 0.525. The fraction of sp³-hybridized carbons (Fsp3) is 0.350. The lowest BCUT2D eigenvalue weighted by atomic mass is 10.2. The lowest BCUT2D eigenvalue weighted by Crippen LogP contribution is -2.23. The number of ether oxygens (including phenoxy) is 1. The second kappa shape index (κ2) is 9.37. The van der Waals surface area contributed by atoms with Gasteiger partial charge in [-0.25, -0.2) is 0 Å². The molecule has 0 saturated carbocycles. The summed E-state index contributed by atoms with van der Waals surface area (Å²) in [6.07, 6.45) is 1.60. The summed E-state index contributed by atoms with van der Waals surface area (Å²) in [6, 6.07) is 8.73. The second-order valence-electron chi connectivity index (χ2n) is 6.88. The van der Waals surface area contributed by atoms with Crippen molar-refractivity contribution in [1.29, 1.82) is 0 Å². The van der Waals surface area contributed by atoms with Crippen molar-refractivity contribution >= 4 is 35.0 Å². The van der Waals surface area contributed by atoms with Crippen molar-refractivity contribution in [1.82, 2.24) is 14.8 Å². The molecule has 1 unspecified atom stereocenters. The van der Waals surface area contributed by atoms with Crippen LogP contribution >= 0.6 is 23.4 Å². The Hall–Kier alpha value is -2.45. The third-order valence-electron chi connectivity index (χ3n) is 4.08. The van der Waals surface area contributed by atoms with E-state index < -0.39 is 5.25 Å². The molecule has 3 rings (SSSR count). The van der Waals surface area contributed by atoms with E-state index >= 15 is 0 Å². The molecule has 0 aliphatic heterocycles. The summed E-state index contributed by atoms with van der Waals surface area (Å²) >= 11 is 7.38. The molecule has 9 heteroatoms. The van der Waals surface area contributed by atoms with E-state index in [0.29, 0.717) is 45.7 Å². The van der Waals surface area contributed by atoms with Gasteiger partial charge in [0.15, 0.2) is 16.7 Å². The van der Waals surface area contributed by atoms with Crippen molar-refractivity contribution in [3.05, 3.63) is 41.6 Å². The van der Waals surface area contributed by atoms with E-state index in [0.717, 1.165) is 0 Å². The molecule has 154 valence electrons. The van der Waals surface area contributed by atoms with Crippen LogP contribution in [-0.2, 0) is 11.3 Å². The molecule has 7 nitrogen and oxygen atoms in total. The first-order chi connectivity index (χ1) is 13.9. The normalized spacial score (nSPS) is 12.2. The highest BCUT2D eigenvalue weighted by atomic mass is 35.5. The lowest BCUT2D eigenvalue weighted by Gasteiger charge is -2.16. The number of rotatable bonds is 8. The average Bonchev–Trinajstić information content (AvgIpc) is 3.32. The van der Waals surface area contributed by atoms with Crippen LogP contribution in [0.2, 0.25) is 5.02 Å². The number of benzene rings is 1. The smallest absolute Gasteiger partial charge is 0.237 e. The minimum atomic E-state index is -0.418. The van der Waals surface area contributed by atoms with Crippen molar-refractivity contribution < 1.29 is 13.9 Å². The number of amides is 1. The van der Waals surface area contributed by atoms with Gasteiger partial charge in [0.1, 0.15) is 5.75 Å². The molecule has 0 bridgehead atoms. The number of hydrogen-bond acceptors (Lipinski definition) is 6. The van der Waals surface area contributed by atoms with Crippen molar-refractivity contribution in [2.24, 2.45) is 5.92 Å². The maximum Gasteiger partial charge on any atom is 0.237 e. The Bertz CT molecular complexity index is 972. The molecule has 0 radical (unpaired) electrons. The first-order valence-electron chi connectivity index (χ1n) is 9.17. The van der Waals surface area contributed by atoms with Crippen molar-refractivity contribution in [2.45, 2.75) is 37.7 Å². The fourth-order valence-electron chi connectivity index (χ4n) is 2.72. The third-order valence-corrected chi connectivity index (χ3v) is 5.39. The highest BCUT2D eigenvalue weighted by molar-refractivity contribution is 8.00. The molecule has 0 spiro atoms. The maximum atomic E-state index is 12.8. The molecule has 1 N–H and O–H groups in total. The van der Waals surface area contributed by atoms with Crippen LogP contribution in [0.25, 0.3) is 11.6 Å². The van der Waals surface area contributed by atoms with Gasteiger partial charge in [0.2, 0.25) is 5.91 Å². The number of aromatic nitrogens is 3. The molecular formula is C20H23ClN4O3S. The van der Waals surface area contributed by atoms with Crippen LogP contribution in [0, 0.1) is 5.92 Å². The van der Waals surface area contributed by atoms with Gasteiger partial charge in [0.05, 0.1) is 24.3 Å². The monoisotopic (exact) mass is 434 g/mol. The molecule has 0 fully saturated rings. The van der Waals surface area contributed by atoms with E-state index in [1.54, 1.807) is 31.6 Å². The predicted molar refractivity (Wildman–Crippen MR) is 115 cm³/mol. The molecule has 3 aromatic rings. The largest absolute Gasteiger partial charge is 0.495 e. The van der Waals surface area contributed by atoms with Gasteiger partial charge < -0.3 is 14.5 Å². The summed E-state index contributed by atoms with van der Waals surface area (Å²) in [5.74, 6) is 2.03. The van der Waals surface area contributed by atoms with E-state index in [1.807, 2.05) is 23.6 Å². The number of furan rings is 1. The van der Waals surface area contributed by atoms with Crippen LogP contribution in [0.1, 0.15) is 20.8 Å². The number of hydrogen-bond donors (Lipinski definition) is 1. The number of thioether (sulfide) groups is 1. The first-order valence-corrected chi connectivity index (χ1v) is 10.4. The average molecular weight is 435 g/mol.